The number of halogens is 3. The molecule has 0 amide bonds. The Bertz CT molecular complexity index is 746. The van der Waals surface area contributed by atoms with Crippen molar-refractivity contribution >= 4 is 0 Å². The molecule has 4 atom stereocenters. The maximum atomic E-state index is 13.0. The molecule has 0 radical (unpaired) electrons. The molecule has 1 aromatic carbocycles. The standard InChI is InChI=1S/C21H24F3NO2/c22-21(23,24)17-5-3-4-14(8-17)11-20(27)7-2-1-6-19(20)25-12-15-9-18(26)10-16(15)13-25/h1-8,15-16,18-19,26-27H,9-13H2. The van der Waals surface area contributed by atoms with Gasteiger partial charge in [0.1, 0.15) is 5.60 Å². The molecular formula is C21H24F3NO2. The zero-order valence-electron chi connectivity index (χ0n) is 14.9. The van der Waals surface area contributed by atoms with E-state index in [1.807, 2.05) is 12.2 Å². The number of benzene rings is 1. The molecule has 2 aliphatic carbocycles. The normalized spacial score (nSPS) is 36.3. The van der Waals surface area contributed by atoms with Gasteiger partial charge in [0.05, 0.1) is 17.7 Å². The fourth-order valence-electron chi connectivity index (χ4n) is 4.97. The lowest BCUT2D eigenvalue weighted by atomic mass is 9.83. The van der Waals surface area contributed by atoms with E-state index in [4.69, 9.17) is 0 Å². The third kappa shape index (κ3) is 3.71. The highest BCUT2D eigenvalue weighted by Crippen LogP contribution is 2.41. The summed E-state index contributed by atoms with van der Waals surface area (Å²) < 4.78 is 39.0. The van der Waals surface area contributed by atoms with Crippen molar-refractivity contribution in [3.05, 3.63) is 59.7 Å². The number of hydrogen-bond donors (Lipinski definition) is 2. The van der Waals surface area contributed by atoms with Crippen molar-refractivity contribution in [2.24, 2.45) is 11.8 Å². The lowest BCUT2D eigenvalue weighted by Gasteiger charge is -2.40. The summed E-state index contributed by atoms with van der Waals surface area (Å²) in [5.41, 5.74) is -1.48. The monoisotopic (exact) mass is 379 g/mol. The van der Waals surface area contributed by atoms with Gasteiger partial charge in [-0.3, -0.25) is 4.90 Å². The molecule has 27 heavy (non-hydrogen) atoms. The molecule has 1 aliphatic heterocycles. The first-order valence-electron chi connectivity index (χ1n) is 9.41. The van der Waals surface area contributed by atoms with Crippen LogP contribution in [0.1, 0.15) is 24.0 Å². The Hall–Kier alpha value is -1.63. The molecule has 146 valence electrons. The number of nitrogens with zero attached hydrogens (tertiary/aromatic N) is 1. The second kappa shape index (κ2) is 6.76. The van der Waals surface area contributed by atoms with E-state index in [9.17, 15) is 23.4 Å². The average molecular weight is 379 g/mol. The first-order valence-corrected chi connectivity index (χ1v) is 9.41. The lowest BCUT2D eigenvalue weighted by Crippen LogP contribution is -2.52. The van der Waals surface area contributed by atoms with E-state index in [-0.39, 0.29) is 18.6 Å². The Labute approximate surface area is 156 Å². The molecular weight excluding hydrogens is 355 g/mol. The first-order chi connectivity index (χ1) is 12.7. The molecule has 4 rings (SSSR count). The van der Waals surface area contributed by atoms with Gasteiger partial charge in [-0.05, 0) is 36.3 Å². The molecule has 0 bridgehead atoms. The summed E-state index contributed by atoms with van der Waals surface area (Å²) in [5, 5.41) is 21.2. The number of likely N-dealkylation sites (tertiary alicyclic amines) is 1. The predicted molar refractivity (Wildman–Crippen MR) is 96.0 cm³/mol. The first kappa shape index (κ1) is 18.7. The Morgan fingerprint density at radius 1 is 1.11 bits per heavy atom. The molecule has 1 saturated heterocycles. The second-order valence-corrected chi connectivity index (χ2v) is 8.15. The van der Waals surface area contributed by atoms with Crippen LogP contribution in [0.25, 0.3) is 0 Å². The van der Waals surface area contributed by atoms with Crippen molar-refractivity contribution in [1.82, 2.24) is 4.90 Å². The largest absolute Gasteiger partial charge is 0.416 e. The third-order valence-corrected chi connectivity index (χ3v) is 6.19. The van der Waals surface area contributed by atoms with Gasteiger partial charge in [0, 0.05) is 19.5 Å². The lowest BCUT2D eigenvalue weighted by molar-refractivity contribution is -0.137. The van der Waals surface area contributed by atoms with Crippen LogP contribution in [0.15, 0.2) is 48.6 Å². The summed E-state index contributed by atoms with van der Waals surface area (Å²) in [6, 6.07) is 4.91. The summed E-state index contributed by atoms with van der Waals surface area (Å²) in [5.74, 6) is 0.856. The highest BCUT2D eigenvalue weighted by molar-refractivity contribution is 5.32. The summed E-state index contributed by atoms with van der Waals surface area (Å²) in [6.07, 6.45) is 4.35. The smallest absolute Gasteiger partial charge is 0.393 e. The van der Waals surface area contributed by atoms with Crippen LogP contribution >= 0.6 is 0 Å². The van der Waals surface area contributed by atoms with Gasteiger partial charge < -0.3 is 10.2 Å². The quantitative estimate of drug-likeness (QED) is 0.848. The van der Waals surface area contributed by atoms with Crippen molar-refractivity contribution in [3.63, 3.8) is 0 Å². The minimum atomic E-state index is -4.40. The second-order valence-electron chi connectivity index (χ2n) is 8.15. The van der Waals surface area contributed by atoms with Crippen LogP contribution in [0.3, 0.4) is 0 Å². The van der Waals surface area contributed by atoms with Gasteiger partial charge >= 0.3 is 6.18 Å². The average Bonchev–Trinajstić information content (AvgIpc) is 3.11. The maximum absolute atomic E-state index is 13.0. The van der Waals surface area contributed by atoms with Gasteiger partial charge in [0.25, 0.3) is 0 Å². The molecule has 2 fully saturated rings. The Kier molecular flexibility index (Phi) is 4.69. The molecule has 1 saturated carbocycles. The van der Waals surface area contributed by atoms with Crippen molar-refractivity contribution in [3.8, 4) is 0 Å². The number of allylic oxidation sites excluding steroid dienone is 2. The summed E-state index contributed by atoms with van der Waals surface area (Å²) in [7, 11) is 0. The zero-order valence-corrected chi connectivity index (χ0v) is 14.9. The highest BCUT2D eigenvalue weighted by atomic mass is 19.4. The SMILES string of the molecule is OC1CC2CN(C3C=CC=CC3(O)Cc3cccc(C(F)(F)F)c3)CC2C1. The molecule has 0 aromatic heterocycles. The number of fused-ring (bicyclic) bond motifs is 1. The molecule has 1 aromatic rings. The summed E-state index contributed by atoms with van der Waals surface area (Å²) in [4.78, 5) is 2.22. The molecule has 2 N–H and O–H groups in total. The van der Waals surface area contributed by atoms with Crippen LogP contribution in [0, 0.1) is 11.8 Å². The van der Waals surface area contributed by atoms with Gasteiger partial charge in [0.15, 0.2) is 0 Å². The number of alkyl halides is 3. The van der Waals surface area contributed by atoms with Gasteiger partial charge in [0.2, 0.25) is 0 Å². The van der Waals surface area contributed by atoms with Crippen LogP contribution in [0.4, 0.5) is 13.2 Å². The Morgan fingerprint density at radius 2 is 1.81 bits per heavy atom. The minimum absolute atomic E-state index is 0.122. The van der Waals surface area contributed by atoms with Crippen molar-refractivity contribution in [1.29, 1.82) is 0 Å². The van der Waals surface area contributed by atoms with Crippen molar-refractivity contribution in [2.75, 3.05) is 13.1 Å². The van der Waals surface area contributed by atoms with Crippen LogP contribution in [0.2, 0.25) is 0 Å². The maximum Gasteiger partial charge on any atom is 0.416 e. The zero-order chi connectivity index (χ0) is 19.2. The molecule has 0 spiro atoms. The molecule has 1 heterocycles. The van der Waals surface area contributed by atoms with E-state index in [1.54, 1.807) is 18.2 Å². The van der Waals surface area contributed by atoms with Gasteiger partial charge in [-0.2, -0.15) is 13.2 Å². The van der Waals surface area contributed by atoms with Gasteiger partial charge in [-0.25, -0.2) is 0 Å². The molecule has 6 heteroatoms. The third-order valence-electron chi connectivity index (χ3n) is 6.19. The van der Waals surface area contributed by atoms with E-state index in [2.05, 4.69) is 4.90 Å². The molecule has 3 nitrogen and oxygen atoms in total. The van der Waals surface area contributed by atoms with Crippen molar-refractivity contribution in [2.45, 2.75) is 43.2 Å². The van der Waals surface area contributed by atoms with Gasteiger partial charge in [-0.15, -0.1) is 0 Å². The number of hydrogen-bond acceptors (Lipinski definition) is 3. The highest BCUT2D eigenvalue weighted by Gasteiger charge is 2.46. The summed E-state index contributed by atoms with van der Waals surface area (Å²) >= 11 is 0. The number of aliphatic hydroxyl groups is 2. The number of aliphatic hydroxyl groups excluding tert-OH is 1. The van der Waals surface area contributed by atoms with E-state index < -0.39 is 17.3 Å². The topological polar surface area (TPSA) is 43.7 Å². The van der Waals surface area contributed by atoms with Gasteiger partial charge in [-0.1, -0.05) is 42.5 Å². The van der Waals surface area contributed by atoms with E-state index in [0.29, 0.717) is 17.4 Å². The summed E-state index contributed by atoms with van der Waals surface area (Å²) in [6.45, 7) is 1.60. The van der Waals surface area contributed by atoms with E-state index in [1.165, 1.54) is 6.07 Å². The predicted octanol–water partition coefficient (Wildman–Crippen LogP) is 3.18. The van der Waals surface area contributed by atoms with Crippen LogP contribution < -0.4 is 0 Å². The Morgan fingerprint density at radius 3 is 2.48 bits per heavy atom. The fourth-order valence-corrected chi connectivity index (χ4v) is 4.97. The van der Waals surface area contributed by atoms with Crippen LogP contribution in [-0.4, -0.2) is 45.9 Å². The molecule has 4 unspecified atom stereocenters. The Balaban J connectivity index is 1.54. The number of rotatable bonds is 3. The van der Waals surface area contributed by atoms with E-state index in [0.717, 1.165) is 38.1 Å². The van der Waals surface area contributed by atoms with Crippen molar-refractivity contribution < 1.29 is 23.4 Å². The van der Waals surface area contributed by atoms with Crippen LogP contribution in [0.5, 0.6) is 0 Å². The van der Waals surface area contributed by atoms with E-state index >= 15 is 0 Å². The van der Waals surface area contributed by atoms with Crippen LogP contribution in [-0.2, 0) is 12.6 Å². The molecule has 3 aliphatic rings. The minimum Gasteiger partial charge on any atom is -0.393 e. The fraction of sp³-hybridized carbons (Fsp3) is 0.524.